The van der Waals surface area contributed by atoms with Crippen molar-refractivity contribution < 1.29 is 9.59 Å². The number of rotatable bonds is 4. The SMILES string of the molecule is NC(=O)C1CC(=O)N(CCc2ccc(Br)cc2)C1. The van der Waals surface area contributed by atoms with E-state index >= 15 is 0 Å². The number of hydrogen-bond acceptors (Lipinski definition) is 2. The molecule has 0 aromatic heterocycles. The van der Waals surface area contributed by atoms with E-state index in [2.05, 4.69) is 15.9 Å². The topological polar surface area (TPSA) is 63.4 Å². The van der Waals surface area contributed by atoms with Crippen molar-refractivity contribution in [2.45, 2.75) is 12.8 Å². The number of nitrogens with zero attached hydrogens (tertiary/aromatic N) is 1. The smallest absolute Gasteiger partial charge is 0.223 e. The first kappa shape index (κ1) is 13.1. The average Bonchev–Trinajstić information content (AvgIpc) is 2.70. The quantitative estimate of drug-likeness (QED) is 0.911. The van der Waals surface area contributed by atoms with E-state index in [4.69, 9.17) is 5.73 Å². The molecule has 0 saturated carbocycles. The van der Waals surface area contributed by atoms with Gasteiger partial charge in [-0.1, -0.05) is 28.1 Å². The molecular weight excluding hydrogens is 296 g/mol. The third kappa shape index (κ3) is 3.10. The molecule has 0 bridgehead atoms. The minimum atomic E-state index is -0.380. The lowest BCUT2D eigenvalue weighted by Gasteiger charge is -2.15. The van der Waals surface area contributed by atoms with Crippen LogP contribution in [0.25, 0.3) is 0 Å². The highest BCUT2D eigenvalue weighted by molar-refractivity contribution is 9.10. The van der Waals surface area contributed by atoms with E-state index in [1.54, 1.807) is 4.90 Å². The zero-order valence-electron chi connectivity index (χ0n) is 9.93. The maximum absolute atomic E-state index is 11.7. The molecule has 0 aliphatic carbocycles. The van der Waals surface area contributed by atoms with Crippen LogP contribution in [0.5, 0.6) is 0 Å². The molecule has 1 fully saturated rings. The third-order valence-electron chi connectivity index (χ3n) is 3.20. The van der Waals surface area contributed by atoms with Crippen LogP contribution >= 0.6 is 15.9 Å². The average molecular weight is 311 g/mol. The molecule has 2 rings (SSSR count). The molecule has 1 unspecified atom stereocenters. The first-order valence-corrected chi connectivity index (χ1v) is 6.67. The number of likely N-dealkylation sites (tertiary alicyclic amines) is 1. The molecular formula is C13H15BrN2O2. The monoisotopic (exact) mass is 310 g/mol. The number of hydrogen-bond donors (Lipinski definition) is 1. The second-order valence-electron chi connectivity index (χ2n) is 4.52. The van der Waals surface area contributed by atoms with Crippen LogP contribution in [-0.4, -0.2) is 29.8 Å². The van der Waals surface area contributed by atoms with E-state index in [1.165, 1.54) is 5.56 Å². The molecule has 1 aromatic rings. The summed E-state index contributed by atoms with van der Waals surface area (Å²) in [7, 11) is 0. The summed E-state index contributed by atoms with van der Waals surface area (Å²) in [5.74, 6) is -0.673. The zero-order valence-corrected chi connectivity index (χ0v) is 11.5. The molecule has 1 saturated heterocycles. The molecule has 1 aliphatic rings. The Morgan fingerprint density at radius 1 is 1.39 bits per heavy atom. The summed E-state index contributed by atoms with van der Waals surface area (Å²) in [4.78, 5) is 24.4. The Kier molecular flexibility index (Phi) is 4.01. The van der Waals surface area contributed by atoms with Gasteiger partial charge in [-0.05, 0) is 24.1 Å². The Morgan fingerprint density at radius 3 is 2.61 bits per heavy atom. The summed E-state index contributed by atoms with van der Waals surface area (Å²) in [5.41, 5.74) is 6.40. The lowest BCUT2D eigenvalue weighted by Crippen LogP contribution is -2.30. The van der Waals surface area contributed by atoms with Crippen molar-refractivity contribution in [1.82, 2.24) is 4.90 Å². The van der Waals surface area contributed by atoms with Crippen molar-refractivity contribution in [2.75, 3.05) is 13.1 Å². The first-order chi connectivity index (χ1) is 8.56. The summed E-state index contributed by atoms with van der Waals surface area (Å²) >= 11 is 3.38. The molecule has 0 spiro atoms. The number of halogens is 1. The number of carbonyl (C=O) groups excluding carboxylic acids is 2. The van der Waals surface area contributed by atoms with Gasteiger partial charge in [0.25, 0.3) is 0 Å². The second kappa shape index (κ2) is 5.52. The Morgan fingerprint density at radius 2 is 2.06 bits per heavy atom. The fraction of sp³-hybridized carbons (Fsp3) is 0.385. The van der Waals surface area contributed by atoms with Gasteiger partial charge in [0.15, 0.2) is 0 Å². The molecule has 1 aliphatic heterocycles. The molecule has 0 radical (unpaired) electrons. The van der Waals surface area contributed by atoms with Crippen molar-refractivity contribution in [3.8, 4) is 0 Å². The van der Waals surface area contributed by atoms with Gasteiger partial charge in [0.1, 0.15) is 0 Å². The summed E-state index contributed by atoms with van der Waals surface area (Å²) < 4.78 is 1.04. The van der Waals surface area contributed by atoms with Crippen LogP contribution in [-0.2, 0) is 16.0 Å². The van der Waals surface area contributed by atoms with Gasteiger partial charge in [0.2, 0.25) is 11.8 Å². The highest BCUT2D eigenvalue weighted by Gasteiger charge is 2.32. The van der Waals surface area contributed by atoms with E-state index < -0.39 is 0 Å². The molecule has 2 N–H and O–H groups in total. The van der Waals surface area contributed by atoms with Crippen molar-refractivity contribution in [3.05, 3.63) is 34.3 Å². The van der Waals surface area contributed by atoms with Crippen LogP contribution in [0.2, 0.25) is 0 Å². The first-order valence-electron chi connectivity index (χ1n) is 5.88. The Bertz CT molecular complexity index is 459. The minimum absolute atomic E-state index is 0.0240. The normalized spacial score (nSPS) is 19.3. The number of carbonyl (C=O) groups is 2. The van der Waals surface area contributed by atoms with E-state index in [0.29, 0.717) is 13.1 Å². The lowest BCUT2D eigenvalue weighted by atomic mass is 10.1. The molecule has 1 heterocycles. The van der Waals surface area contributed by atoms with Crippen LogP contribution < -0.4 is 5.73 Å². The number of benzene rings is 1. The maximum Gasteiger partial charge on any atom is 0.223 e. The minimum Gasteiger partial charge on any atom is -0.369 e. The van der Waals surface area contributed by atoms with Gasteiger partial charge in [-0.15, -0.1) is 0 Å². The number of nitrogens with two attached hydrogens (primary N) is 1. The highest BCUT2D eigenvalue weighted by atomic mass is 79.9. The largest absolute Gasteiger partial charge is 0.369 e. The summed E-state index contributed by atoms with van der Waals surface area (Å²) in [6, 6.07) is 8.01. The van der Waals surface area contributed by atoms with Crippen LogP contribution in [0.1, 0.15) is 12.0 Å². The third-order valence-corrected chi connectivity index (χ3v) is 3.73. The molecule has 1 aromatic carbocycles. The predicted octanol–water partition coefficient (Wildman–Crippen LogP) is 1.33. The van der Waals surface area contributed by atoms with Crippen LogP contribution in [0.4, 0.5) is 0 Å². The Hall–Kier alpha value is -1.36. The summed E-state index contributed by atoms with van der Waals surface area (Å²) in [6.07, 6.45) is 1.06. The molecule has 2 amide bonds. The fourth-order valence-corrected chi connectivity index (χ4v) is 2.36. The van der Waals surface area contributed by atoms with Crippen LogP contribution in [0, 0.1) is 5.92 Å². The number of primary amides is 1. The standard InChI is InChI=1S/C13H15BrN2O2/c14-11-3-1-9(2-4-11)5-6-16-8-10(13(15)18)7-12(16)17/h1-4,10H,5-8H2,(H2,15,18). The van der Waals surface area contributed by atoms with Crippen molar-refractivity contribution in [2.24, 2.45) is 11.7 Å². The highest BCUT2D eigenvalue weighted by Crippen LogP contribution is 2.18. The zero-order chi connectivity index (χ0) is 13.1. The fourth-order valence-electron chi connectivity index (χ4n) is 2.09. The molecule has 5 heteroatoms. The predicted molar refractivity (Wildman–Crippen MR) is 71.7 cm³/mol. The maximum atomic E-state index is 11.7. The molecule has 18 heavy (non-hydrogen) atoms. The van der Waals surface area contributed by atoms with Gasteiger partial charge in [0.05, 0.1) is 5.92 Å². The Labute approximate surface area is 114 Å². The summed E-state index contributed by atoms with van der Waals surface area (Å²) in [6.45, 7) is 1.11. The summed E-state index contributed by atoms with van der Waals surface area (Å²) in [5, 5.41) is 0. The van der Waals surface area contributed by atoms with E-state index in [9.17, 15) is 9.59 Å². The van der Waals surface area contributed by atoms with Crippen molar-refractivity contribution in [1.29, 1.82) is 0 Å². The van der Waals surface area contributed by atoms with E-state index in [-0.39, 0.29) is 24.2 Å². The Balaban J connectivity index is 1.89. The van der Waals surface area contributed by atoms with Gasteiger partial charge in [-0.2, -0.15) is 0 Å². The van der Waals surface area contributed by atoms with Gasteiger partial charge < -0.3 is 10.6 Å². The van der Waals surface area contributed by atoms with Crippen molar-refractivity contribution >= 4 is 27.7 Å². The van der Waals surface area contributed by atoms with E-state index in [1.807, 2.05) is 24.3 Å². The van der Waals surface area contributed by atoms with Crippen molar-refractivity contribution in [3.63, 3.8) is 0 Å². The lowest BCUT2D eigenvalue weighted by molar-refractivity contribution is -0.128. The van der Waals surface area contributed by atoms with Crippen LogP contribution in [0.3, 0.4) is 0 Å². The second-order valence-corrected chi connectivity index (χ2v) is 5.44. The van der Waals surface area contributed by atoms with Crippen LogP contribution in [0.15, 0.2) is 28.7 Å². The molecule has 1 atom stereocenters. The van der Waals surface area contributed by atoms with Gasteiger partial charge in [0, 0.05) is 24.0 Å². The van der Waals surface area contributed by atoms with Gasteiger partial charge in [-0.25, -0.2) is 0 Å². The molecule has 96 valence electrons. The molecule has 4 nitrogen and oxygen atoms in total. The van der Waals surface area contributed by atoms with Gasteiger partial charge in [-0.3, -0.25) is 9.59 Å². The van der Waals surface area contributed by atoms with Gasteiger partial charge >= 0.3 is 0 Å². The van der Waals surface area contributed by atoms with E-state index in [0.717, 1.165) is 10.9 Å². The number of amides is 2.